The van der Waals surface area contributed by atoms with E-state index in [-0.39, 0.29) is 17.7 Å². The summed E-state index contributed by atoms with van der Waals surface area (Å²) < 4.78 is 11.0. The first-order valence-electron chi connectivity index (χ1n) is 11.3. The molecule has 176 valence electrons. The second-order valence-electron chi connectivity index (χ2n) is 8.38. The Bertz CT molecular complexity index is 1170. The Balaban J connectivity index is 1.64. The maximum atomic E-state index is 13.4. The molecule has 1 N–H and O–H groups in total. The van der Waals surface area contributed by atoms with E-state index in [0.717, 1.165) is 16.8 Å². The van der Waals surface area contributed by atoms with Crippen molar-refractivity contribution in [2.24, 2.45) is 5.92 Å². The highest BCUT2D eigenvalue weighted by Crippen LogP contribution is 2.40. The minimum Gasteiger partial charge on any atom is -0.497 e. The number of hydrogen-bond acceptors (Lipinski definition) is 5. The Kier molecular flexibility index (Phi) is 7.11. The highest BCUT2D eigenvalue weighted by atomic mass is 16.5. The maximum Gasteiger partial charge on any atom is 0.254 e. The molecule has 34 heavy (non-hydrogen) atoms. The number of ether oxygens (including phenoxy) is 2. The zero-order valence-corrected chi connectivity index (χ0v) is 19.7. The zero-order chi connectivity index (χ0) is 24.1. The zero-order valence-electron chi connectivity index (χ0n) is 19.7. The van der Waals surface area contributed by atoms with E-state index >= 15 is 0 Å². The number of aromatic nitrogens is 1. The van der Waals surface area contributed by atoms with Crippen molar-refractivity contribution in [3.8, 4) is 11.5 Å². The van der Waals surface area contributed by atoms with Crippen LogP contribution in [0.2, 0.25) is 0 Å². The van der Waals surface area contributed by atoms with Crippen LogP contribution < -0.4 is 14.8 Å². The van der Waals surface area contributed by atoms with E-state index in [2.05, 4.69) is 10.3 Å². The molecule has 1 saturated heterocycles. The van der Waals surface area contributed by atoms with Gasteiger partial charge in [0, 0.05) is 36.3 Å². The molecule has 0 unspecified atom stereocenters. The first-order valence-corrected chi connectivity index (χ1v) is 11.3. The van der Waals surface area contributed by atoms with E-state index in [1.54, 1.807) is 25.3 Å². The average molecular weight is 460 g/mol. The van der Waals surface area contributed by atoms with Crippen molar-refractivity contribution >= 4 is 11.8 Å². The van der Waals surface area contributed by atoms with Crippen molar-refractivity contribution in [2.75, 3.05) is 27.3 Å². The van der Waals surface area contributed by atoms with Crippen molar-refractivity contribution in [3.05, 3.63) is 89.2 Å². The lowest BCUT2D eigenvalue weighted by molar-refractivity contribution is -0.125. The van der Waals surface area contributed by atoms with E-state index < -0.39 is 5.92 Å². The lowest BCUT2D eigenvalue weighted by Crippen LogP contribution is -2.35. The maximum absolute atomic E-state index is 13.4. The summed E-state index contributed by atoms with van der Waals surface area (Å²) in [4.78, 5) is 32.8. The van der Waals surface area contributed by atoms with E-state index in [9.17, 15) is 9.59 Å². The van der Waals surface area contributed by atoms with E-state index in [1.165, 1.54) is 0 Å². The molecule has 2 aromatic carbocycles. The summed E-state index contributed by atoms with van der Waals surface area (Å²) in [6.07, 6.45) is 1.70. The van der Waals surface area contributed by atoms with Crippen LogP contribution in [0, 0.1) is 12.8 Å². The van der Waals surface area contributed by atoms with Gasteiger partial charge in [0.15, 0.2) is 0 Å². The number of rotatable bonds is 7. The van der Waals surface area contributed by atoms with Crippen LogP contribution in [0.25, 0.3) is 0 Å². The van der Waals surface area contributed by atoms with Gasteiger partial charge in [-0.25, -0.2) is 0 Å². The number of carbonyl (C=O) groups excluding carboxylic acids is 2. The molecule has 1 fully saturated rings. The van der Waals surface area contributed by atoms with Gasteiger partial charge in [0.1, 0.15) is 11.5 Å². The van der Waals surface area contributed by atoms with Crippen LogP contribution in [-0.2, 0) is 11.3 Å². The molecular formula is C27H29N3O4. The number of carbonyl (C=O) groups is 2. The summed E-state index contributed by atoms with van der Waals surface area (Å²) in [5.74, 6) is 0.440. The fourth-order valence-electron chi connectivity index (χ4n) is 4.47. The van der Waals surface area contributed by atoms with E-state index in [0.29, 0.717) is 36.7 Å². The number of likely N-dealkylation sites (tertiary alicyclic amines) is 1. The van der Waals surface area contributed by atoms with Crippen molar-refractivity contribution in [1.29, 1.82) is 0 Å². The third-order valence-electron chi connectivity index (χ3n) is 6.33. The molecule has 0 bridgehead atoms. The van der Waals surface area contributed by atoms with Crippen LogP contribution >= 0.6 is 0 Å². The lowest BCUT2D eigenvalue weighted by Gasteiger charge is -2.21. The molecule has 7 heteroatoms. The van der Waals surface area contributed by atoms with Crippen LogP contribution in [0.4, 0.5) is 0 Å². The molecule has 0 radical (unpaired) electrons. The molecule has 2 amide bonds. The summed E-state index contributed by atoms with van der Waals surface area (Å²) in [7, 11) is 3.21. The summed E-state index contributed by atoms with van der Waals surface area (Å²) in [5.41, 5.74) is 3.18. The van der Waals surface area contributed by atoms with Gasteiger partial charge in [-0.2, -0.15) is 0 Å². The first-order chi connectivity index (χ1) is 16.5. The Labute approximate surface area is 199 Å². The first kappa shape index (κ1) is 23.3. The fourth-order valence-corrected chi connectivity index (χ4v) is 4.47. The third-order valence-corrected chi connectivity index (χ3v) is 6.33. The largest absolute Gasteiger partial charge is 0.497 e. The van der Waals surface area contributed by atoms with Gasteiger partial charge in [-0.05, 0) is 48.9 Å². The Morgan fingerprint density at radius 2 is 1.82 bits per heavy atom. The van der Waals surface area contributed by atoms with Gasteiger partial charge in [0.2, 0.25) is 5.91 Å². The summed E-state index contributed by atoms with van der Waals surface area (Å²) in [6, 6.07) is 18.7. The average Bonchev–Trinajstić information content (AvgIpc) is 3.33. The molecule has 3 aromatic rings. The smallest absolute Gasteiger partial charge is 0.254 e. The number of nitrogens with zero attached hydrogens (tertiary/aromatic N) is 2. The molecule has 0 spiro atoms. The number of methoxy groups -OCH3 is 2. The predicted molar refractivity (Wildman–Crippen MR) is 129 cm³/mol. The predicted octanol–water partition coefficient (Wildman–Crippen LogP) is 3.58. The molecular weight excluding hydrogens is 430 g/mol. The van der Waals surface area contributed by atoms with Crippen LogP contribution in [0.5, 0.6) is 11.5 Å². The lowest BCUT2D eigenvalue weighted by atomic mass is 9.87. The summed E-state index contributed by atoms with van der Waals surface area (Å²) >= 11 is 0. The Morgan fingerprint density at radius 3 is 2.53 bits per heavy atom. The van der Waals surface area contributed by atoms with Crippen molar-refractivity contribution in [2.45, 2.75) is 19.4 Å². The third kappa shape index (κ3) is 4.88. The number of nitrogens with one attached hydrogen (secondary N) is 1. The number of aryl methyl sites for hydroxylation is 1. The minimum atomic E-state index is -0.447. The van der Waals surface area contributed by atoms with Crippen LogP contribution in [0.3, 0.4) is 0 Å². The number of benzene rings is 2. The van der Waals surface area contributed by atoms with Gasteiger partial charge in [0.25, 0.3) is 5.91 Å². The SMILES string of the molecule is COc1ccc(OC)c([C@@H]2CN(C(=O)c3ccccc3C)C[C@H]2C(=O)NCc2ccccn2)c1. The van der Waals surface area contributed by atoms with Crippen LogP contribution in [0.1, 0.15) is 33.1 Å². The highest BCUT2D eigenvalue weighted by Gasteiger charge is 2.42. The second-order valence-corrected chi connectivity index (χ2v) is 8.38. The molecule has 7 nitrogen and oxygen atoms in total. The number of pyridine rings is 1. The molecule has 2 atom stereocenters. The molecule has 1 aromatic heterocycles. The molecule has 2 heterocycles. The van der Waals surface area contributed by atoms with Gasteiger partial charge in [-0.1, -0.05) is 24.3 Å². The van der Waals surface area contributed by atoms with Gasteiger partial charge >= 0.3 is 0 Å². The Morgan fingerprint density at radius 1 is 1.03 bits per heavy atom. The molecule has 1 aliphatic heterocycles. The van der Waals surface area contributed by atoms with Crippen molar-refractivity contribution in [1.82, 2.24) is 15.2 Å². The molecule has 0 aliphatic carbocycles. The molecule has 4 rings (SSSR count). The van der Waals surface area contributed by atoms with Crippen LogP contribution in [-0.4, -0.2) is 49.0 Å². The molecule has 0 saturated carbocycles. The minimum absolute atomic E-state index is 0.0787. The normalized spacial score (nSPS) is 17.3. The summed E-state index contributed by atoms with van der Waals surface area (Å²) in [5, 5.41) is 3.01. The van der Waals surface area contributed by atoms with Crippen molar-refractivity contribution < 1.29 is 19.1 Å². The van der Waals surface area contributed by atoms with Gasteiger partial charge in [-0.15, -0.1) is 0 Å². The fraction of sp³-hybridized carbons (Fsp3) is 0.296. The monoisotopic (exact) mass is 459 g/mol. The quantitative estimate of drug-likeness (QED) is 0.584. The number of amides is 2. The second kappa shape index (κ2) is 10.4. The molecule has 1 aliphatic rings. The van der Waals surface area contributed by atoms with Gasteiger partial charge in [0.05, 0.1) is 32.4 Å². The van der Waals surface area contributed by atoms with E-state index in [4.69, 9.17) is 9.47 Å². The summed E-state index contributed by atoms with van der Waals surface area (Å²) in [6.45, 7) is 2.96. The van der Waals surface area contributed by atoms with E-state index in [1.807, 2.05) is 67.6 Å². The van der Waals surface area contributed by atoms with Crippen molar-refractivity contribution in [3.63, 3.8) is 0 Å². The van der Waals surface area contributed by atoms with Gasteiger partial charge in [-0.3, -0.25) is 14.6 Å². The topological polar surface area (TPSA) is 80.8 Å². The Hall–Kier alpha value is -3.87. The number of hydrogen-bond donors (Lipinski definition) is 1. The van der Waals surface area contributed by atoms with Crippen LogP contribution in [0.15, 0.2) is 66.9 Å². The van der Waals surface area contributed by atoms with Gasteiger partial charge < -0.3 is 19.7 Å². The standard InChI is InChI=1S/C27H29N3O4/c1-18-8-4-5-10-21(18)27(32)30-16-23(22-14-20(33-2)11-12-25(22)34-3)24(17-30)26(31)29-15-19-9-6-7-13-28-19/h4-14,23-24H,15-17H2,1-3H3,(H,29,31)/t23-,24+/m0/s1. The highest BCUT2D eigenvalue weighted by molar-refractivity contribution is 5.96.